The Balaban J connectivity index is 1.98. The van der Waals surface area contributed by atoms with Gasteiger partial charge >= 0.3 is 0 Å². The highest BCUT2D eigenvalue weighted by Crippen LogP contribution is 2.22. The fourth-order valence-electron chi connectivity index (χ4n) is 2.54. The van der Waals surface area contributed by atoms with Crippen LogP contribution in [-0.4, -0.2) is 41.0 Å². The fourth-order valence-corrected chi connectivity index (χ4v) is 2.54. The van der Waals surface area contributed by atoms with E-state index in [9.17, 15) is 0 Å². The second kappa shape index (κ2) is 5.65. The van der Waals surface area contributed by atoms with Gasteiger partial charge in [-0.25, -0.2) is 9.97 Å². The zero-order valence-corrected chi connectivity index (χ0v) is 11.9. The van der Waals surface area contributed by atoms with E-state index in [0.717, 1.165) is 23.1 Å². The van der Waals surface area contributed by atoms with Gasteiger partial charge in [-0.1, -0.05) is 0 Å². The fraction of sp³-hybridized carbons (Fsp3) is 0.714. The van der Waals surface area contributed by atoms with Gasteiger partial charge in [0.15, 0.2) is 0 Å². The van der Waals surface area contributed by atoms with Crippen LogP contribution < -0.4 is 5.32 Å². The third-order valence-electron chi connectivity index (χ3n) is 3.93. The SMILES string of the molecule is Cc1ncc(C)c(N[C@@H](C)C2CCN(C)CC2)n1. The minimum absolute atomic E-state index is 0.478. The number of hydrogen-bond donors (Lipinski definition) is 1. The zero-order chi connectivity index (χ0) is 13.1. The van der Waals surface area contributed by atoms with Gasteiger partial charge < -0.3 is 10.2 Å². The Morgan fingerprint density at radius 1 is 1.33 bits per heavy atom. The molecule has 1 aromatic heterocycles. The number of aromatic nitrogens is 2. The number of anilines is 1. The average Bonchev–Trinajstić information content (AvgIpc) is 2.34. The molecular formula is C14H24N4. The lowest BCUT2D eigenvalue weighted by Gasteiger charge is -2.33. The highest BCUT2D eigenvalue weighted by atomic mass is 15.1. The maximum Gasteiger partial charge on any atom is 0.132 e. The summed E-state index contributed by atoms with van der Waals surface area (Å²) in [4.78, 5) is 11.1. The van der Waals surface area contributed by atoms with Crippen molar-refractivity contribution in [2.45, 2.75) is 39.7 Å². The maximum atomic E-state index is 4.49. The van der Waals surface area contributed by atoms with Gasteiger partial charge in [-0.15, -0.1) is 0 Å². The number of rotatable bonds is 3. The third kappa shape index (κ3) is 3.19. The molecule has 1 atom stereocenters. The van der Waals surface area contributed by atoms with Gasteiger partial charge in [-0.05, 0) is 59.7 Å². The van der Waals surface area contributed by atoms with Crippen molar-refractivity contribution in [2.24, 2.45) is 5.92 Å². The first-order valence-electron chi connectivity index (χ1n) is 6.81. The van der Waals surface area contributed by atoms with Crippen LogP contribution in [0.2, 0.25) is 0 Å². The summed E-state index contributed by atoms with van der Waals surface area (Å²) in [6, 6.07) is 0.478. The maximum absolute atomic E-state index is 4.49. The molecule has 2 heterocycles. The van der Waals surface area contributed by atoms with Crippen molar-refractivity contribution in [3.63, 3.8) is 0 Å². The predicted octanol–water partition coefficient (Wildman–Crippen LogP) is 2.24. The van der Waals surface area contributed by atoms with E-state index in [-0.39, 0.29) is 0 Å². The summed E-state index contributed by atoms with van der Waals surface area (Å²) >= 11 is 0. The van der Waals surface area contributed by atoms with Crippen LogP contribution in [0.15, 0.2) is 6.20 Å². The van der Waals surface area contributed by atoms with Gasteiger partial charge in [0, 0.05) is 17.8 Å². The van der Waals surface area contributed by atoms with Crippen molar-refractivity contribution in [3.8, 4) is 0 Å². The topological polar surface area (TPSA) is 41.1 Å². The molecule has 1 aliphatic rings. The molecule has 0 saturated carbocycles. The molecule has 18 heavy (non-hydrogen) atoms. The highest BCUT2D eigenvalue weighted by Gasteiger charge is 2.22. The van der Waals surface area contributed by atoms with Gasteiger partial charge in [-0.2, -0.15) is 0 Å². The van der Waals surface area contributed by atoms with Crippen LogP contribution in [0, 0.1) is 19.8 Å². The largest absolute Gasteiger partial charge is 0.367 e. The highest BCUT2D eigenvalue weighted by molar-refractivity contribution is 5.42. The Morgan fingerprint density at radius 3 is 2.67 bits per heavy atom. The monoisotopic (exact) mass is 248 g/mol. The standard InChI is InChI=1S/C14H24N4/c1-10-9-15-12(3)17-14(10)16-11(2)13-5-7-18(4)8-6-13/h9,11,13H,5-8H2,1-4H3,(H,15,16,17)/t11-/m0/s1. The summed E-state index contributed by atoms with van der Waals surface area (Å²) in [6.45, 7) is 8.68. The normalized spacial score (nSPS) is 19.8. The molecule has 0 radical (unpaired) electrons. The lowest BCUT2D eigenvalue weighted by Crippen LogP contribution is -2.37. The van der Waals surface area contributed by atoms with Crippen LogP contribution in [0.1, 0.15) is 31.2 Å². The summed E-state index contributed by atoms with van der Waals surface area (Å²) < 4.78 is 0. The number of likely N-dealkylation sites (tertiary alicyclic amines) is 1. The van der Waals surface area contributed by atoms with Crippen LogP contribution >= 0.6 is 0 Å². The average molecular weight is 248 g/mol. The van der Waals surface area contributed by atoms with Gasteiger partial charge in [-0.3, -0.25) is 0 Å². The summed E-state index contributed by atoms with van der Waals surface area (Å²) in [6.07, 6.45) is 4.44. The molecule has 1 saturated heterocycles. The van der Waals surface area contributed by atoms with Crippen molar-refractivity contribution < 1.29 is 0 Å². The molecule has 0 amide bonds. The van der Waals surface area contributed by atoms with Gasteiger partial charge in [0.05, 0.1) is 0 Å². The smallest absolute Gasteiger partial charge is 0.132 e. The first-order valence-corrected chi connectivity index (χ1v) is 6.81. The van der Waals surface area contributed by atoms with Crippen LogP contribution in [-0.2, 0) is 0 Å². The second-order valence-electron chi connectivity index (χ2n) is 5.52. The Hall–Kier alpha value is -1.16. The van der Waals surface area contributed by atoms with Crippen molar-refractivity contribution >= 4 is 5.82 Å². The van der Waals surface area contributed by atoms with E-state index in [0.29, 0.717) is 6.04 Å². The molecule has 4 heteroatoms. The van der Waals surface area contributed by atoms with E-state index in [1.807, 2.05) is 13.1 Å². The van der Waals surface area contributed by atoms with E-state index in [1.165, 1.54) is 25.9 Å². The van der Waals surface area contributed by atoms with Crippen LogP contribution in [0.25, 0.3) is 0 Å². The predicted molar refractivity (Wildman–Crippen MR) is 74.8 cm³/mol. The molecule has 1 fully saturated rings. The molecular weight excluding hydrogens is 224 g/mol. The number of nitrogens with zero attached hydrogens (tertiary/aromatic N) is 3. The molecule has 1 aromatic rings. The molecule has 1 N–H and O–H groups in total. The van der Waals surface area contributed by atoms with E-state index < -0.39 is 0 Å². The van der Waals surface area contributed by atoms with Crippen molar-refractivity contribution in [2.75, 3.05) is 25.5 Å². The Morgan fingerprint density at radius 2 is 2.00 bits per heavy atom. The molecule has 0 unspecified atom stereocenters. The third-order valence-corrected chi connectivity index (χ3v) is 3.93. The Bertz CT molecular complexity index is 397. The molecule has 100 valence electrons. The number of piperidine rings is 1. The van der Waals surface area contributed by atoms with Crippen molar-refractivity contribution in [1.82, 2.24) is 14.9 Å². The van der Waals surface area contributed by atoms with E-state index in [4.69, 9.17) is 0 Å². The van der Waals surface area contributed by atoms with E-state index in [1.54, 1.807) is 0 Å². The van der Waals surface area contributed by atoms with Gasteiger partial charge in [0.1, 0.15) is 11.6 Å². The molecule has 0 spiro atoms. The first kappa shape index (κ1) is 13.3. The number of aryl methyl sites for hydroxylation is 2. The molecule has 0 aromatic carbocycles. The lowest BCUT2D eigenvalue weighted by molar-refractivity contribution is 0.208. The quantitative estimate of drug-likeness (QED) is 0.890. The Labute approximate surface area is 110 Å². The van der Waals surface area contributed by atoms with Gasteiger partial charge in [0.2, 0.25) is 0 Å². The van der Waals surface area contributed by atoms with Crippen LogP contribution in [0.5, 0.6) is 0 Å². The van der Waals surface area contributed by atoms with E-state index >= 15 is 0 Å². The van der Waals surface area contributed by atoms with Crippen molar-refractivity contribution in [1.29, 1.82) is 0 Å². The van der Waals surface area contributed by atoms with Crippen LogP contribution in [0.4, 0.5) is 5.82 Å². The minimum Gasteiger partial charge on any atom is -0.367 e. The van der Waals surface area contributed by atoms with Crippen LogP contribution in [0.3, 0.4) is 0 Å². The summed E-state index contributed by atoms with van der Waals surface area (Å²) in [5, 5.41) is 3.57. The number of nitrogens with one attached hydrogen (secondary N) is 1. The van der Waals surface area contributed by atoms with Crippen molar-refractivity contribution in [3.05, 3.63) is 17.6 Å². The summed E-state index contributed by atoms with van der Waals surface area (Å²) in [7, 11) is 2.20. The summed E-state index contributed by atoms with van der Waals surface area (Å²) in [5.74, 6) is 2.57. The molecule has 4 nitrogen and oxygen atoms in total. The second-order valence-corrected chi connectivity index (χ2v) is 5.52. The Kier molecular flexibility index (Phi) is 4.17. The lowest BCUT2D eigenvalue weighted by atomic mass is 9.90. The summed E-state index contributed by atoms with van der Waals surface area (Å²) in [5.41, 5.74) is 1.13. The minimum atomic E-state index is 0.478. The molecule has 0 aliphatic carbocycles. The van der Waals surface area contributed by atoms with E-state index in [2.05, 4.69) is 41.1 Å². The van der Waals surface area contributed by atoms with Gasteiger partial charge in [0.25, 0.3) is 0 Å². The number of hydrogen-bond acceptors (Lipinski definition) is 4. The zero-order valence-electron chi connectivity index (χ0n) is 11.9. The molecule has 2 rings (SSSR count). The molecule has 1 aliphatic heterocycles. The molecule has 0 bridgehead atoms. The first-order chi connectivity index (χ1) is 8.56.